The van der Waals surface area contributed by atoms with Gasteiger partial charge in [-0.3, -0.25) is 4.79 Å². The first-order valence-corrected chi connectivity index (χ1v) is 12.3. The molecule has 1 heterocycles. The van der Waals surface area contributed by atoms with Gasteiger partial charge in [-0.05, 0) is 36.8 Å². The third kappa shape index (κ3) is 5.63. The Morgan fingerprint density at radius 3 is 2.47 bits per heavy atom. The fraction of sp³-hybridized carbons (Fsp3) is 0.222. The summed E-state index contributed by atoms with van der Waals surface area (Å²) in [5.41, 5.74) is 7.52. The minimum absolute atomic E-state index is 0.164. The summed E-state index contributed by atoms with van der Waals surface area (Å²) in [5, 5.41) is 4.87. The highest BCUT2D eigenvalue weighted by atomic mass is 32.2. The molecule has 0 aliphatic rings. The number of nitrogens with zero attached hydrogens (tertiary/aromatic N) is 3. The zero-order chi connectivity index (χ0) is 25.5. The summed E-state index contributed by atoms with van der Waals surface area (Å²) in [5.74, 6) is 1.38. The number of para-hydroxylation sites is 2. The first kappa shape index (κ1) is 25.1. The van der Waals surface area contributed by atoms with Gasteiger partial charge in [0.15, 0.2) is 16.7 Å². The predicted molar refractivity (Wildman–Crippen MR) is 143 cm³/mol. The van der Waals surface area contributed by atoms with Crippen LogP contribution in [0.1, 0.15) is 16.7 Å². The smallest absolute Gasteiger partial charge is 0.250 e. The lowest BCUT2D eigenvalue weighted by Crippen LogP contribution is -2.20. The number of benzene rings is 3. The molecule has 1 N–H and O–H groups in total. The summed E-state index contributed by atoms with van der Waals surface area (Å²) in [4.78, 5) is 17.3. The molecule has 8 nitrogen and oxygen atoms in total. The number of imidazole rings is 1. The van der Waals surface area contributed by atoms with E-state index in [0.717, 1.165) is 16.2 Å². The van der Waals surface area contributed by atoms with Crippen LogP contribution in [0.15, 0.2) is 70.9 Å². The number of aromatic nitrogens is 2. The van der Waals surface area contributed by atoms with Gasteiger partial charge >= 0.3 is 0 Å². The van der Waals surface area contributed by atoms with Crippen LogP contribution in [0.4, 0.5) is 0 Å². The maximum atomic E-state index is 12.5. The van der Waals surface area contributed by atoms with Gasteiger partial charge in [0.25, 0.3) is 5.91 Å². The topological polar surface area (TPSA) is 87.0 Å². The quantitative estimate of drug-likeness (QED) is 0.192. The Kier molecular flexibility index (Phi) is 8.12. The standard InChI is InChI=1S/C27H28N4O4S/c1-18-9-11-19(12-10-18)16-31-22-8-6-5-7-21(22)29-27(31)36-17-24(32)30-28-15-20-13-14-23(33-2)26(35-4)25(20)34-3/h5-15H,16-17H2,1-4H3,(H,30,32)/b28-15-. The highest BCUT2D eigenvalue weighted by Crippen LogP contribution is 2.39. The Labute approximate surface area is 214 Å². The number of nitrogens with one attached hydrogen (secondary N) is 1. The molecule has 0 atom stereocenters. The summed E-state index contributed by atoms with van der Waals surface area (Å²) in [6.07, 6.45) is 1.51. The molecule has 0 bridgehead atoms. The molecule has 0 aliphatic carbocycles. The first-order valence-electron chi connectivity index (χ1n) is 11.3. The molecule has 0 unspecified atom stereocenters. The van der Waals surface area contributed by atoms with Crippen molar-refractivity contribution in [1.82, 2.24) is 15.0 Å². The number of hydrazone groups is 1. The van der Waals surface area contributed by atoms with Gasteiger partial charge in [-0.15, -0.1) is 0 Å². The lowest BCUT2D eigenvalue weighted by molar-refractivity contribution is -0.118. The molecule has 1 amide bonds. The molecule has 4 aromatic rings. The maximum Gasteiger partial charge on any atom is 0.250 e. The Morgan fingerprint density at radius 1 is 1.00 bits per heavy atom. The number of hydrogen-bond donors (Lipinski definition) is 1. The van der Waals surface area contributed by atoms with Crippen molar-refractivity contribution in [3.63, 3.8) is 0 Å². The van der Waals surface area contributed by atoms with Crippen molar-refractivity contribution in [3.8, 4) is 17.2 Å². The molecule has 9 heteroatoms. The molecule has 36 heavy (non-hydrogen) atoms. The lowest BCUT2D eigenvalue weighted by Gasteiger charge is -2.13. The van der Waals surface area contributed by atoms with E-state index in [0.29, 0.717) is 29.4 Å². The molecule has 4 rings (SSSR count). The molecule has 0 aliphatic heterocycles. The number of amides is 1. The van der Waals surface area contributed by atoms with Crippen molar-refractivity contribution in [2.24, 2.45) is 5.10 Å². The van der Waals surface area contributed by atoms with Gasteiger partial charge in [-0.2, -0.15) is 5.10 Å². The molecular weight excluding hydrogens is 476 g/mol. The second-order valence-corrected chi connectivity index (χ2v) is 8.90. The Balaban J connectivity index is 1.45. The third-order valence-corrected chi connectivity index (χ3v) is 6.52. The van der Waals surface area contributed by atoms with Gasteiger partial charge in [0.1, 0.15) is 0 Å². The van der Waals surface area contributed by atoms with Gasteiger partial charge in [0, 0.05) is 5.56 Å². The van der Waals surface area contributed by atoms with Crippen LogP contribution < -0.4 is 19.6 Å². The maximum absolute atomic E-state index is 12.5. The summed E-state index contributed by atoms with van der Waals surface area (Å²) < 4.78 is 18.3. The molecule has 0 radical (unpaired) electrons. The SMILES string of the molecule is COc1ccc(/C=N\NC(=O)CSc2nc3ccccc3n2Cc2ccc(C)cc2)c(OC)c1OC. The Hall–Kier alpha value is -3.98. The van der Waals surface area contributed by atoms with Gasteiger partial charge in [-0.25, -0.2) is 10.4 Å². The fourth-order valence-corrected chi connectivity index (χ4v) is 4.56. The Morgan fingerprint density at radius 2 is 1.75 bits per heavy atom. The number of thioether (sulfide) groups is 1. The first-order chi connectivity index (χ1) is 17.5. The number of ether oxygens (including phenoxy) is 3. The average molecular weight is 505 g/mol. The zero-order valence-electron chi connectivity index (χ0n) is 20.6. The van der Waals surface area contributed by atoms with E-state index < -0.39 is 0 Å². The van der Waals surface area contributed by atoms with E-state index in [4.69, 9.17) is 19.2 Å². The molecule has 0 spiro atoms. The second-order valence-electron chi connectivity index (χ2n) is 7.96. The number of rotatable bonds is 10. The van der Waals surface area contributed by atoms with Crippen molar-refractivity contribution in [1.29, 1.82) is 0 Å². The molecular formula is C27H28N4O4S. The van der Waals surface area contributed by atoms with Crippen LogP contribution in [0.3, 0.4) is 0 Å². The minimum Gasteiger partial charge on any atom is -0.493 e. The van der Waals surface area contributed by atoms with E-state index in [1.165, 1.54) is 43.3 Å². The van der Waals surface area contributed by atoms with Gasteiger partial charge in [0.05, 0.1) is 50.9 Å². The molecule has 3 aromatic carbocycles. The zero-order valence-corrected chi connectivity index (χ0v) is 21.5. The second kappa shape index (κ2) is 11.6. The predicted octanol–water partition coefficient (Wildman–Crippen LogP) is 4.66. The highest BCUT2D eigenvalue weighted by Gasteiger charge is 2.15. The fourth-order valence-electron chi connectivity index (χ4n) is 3.75. The van der Waals surface area contributed by atoms with E-state index in [9.17, 15) is 4.79 Å². The summed E-state index contributed by atoms with van der Waals surface area (Å²) in [6, 6.07) is 19.9. The molecule has 1 aromatic heterocycles. The van der Waals surface area contributed by atoms with Crippen molar-refractivity contribution < 1.29 is 19.0 Å². The van der Waals surface area contributed by atoms with Gasteiger partial charge in [0.2, 0.25) is 5.75 Å². The number of hydrogen-bond acceptors (Lipinski definition) is 7. The number of methoxy groups -OCH3 is 3. The number of carbonyl (C=O) groups excluding carboxylic acids is 1. The van der Waals surface area contributed by atoms with Crippen molar-refractivity contribution >= 4 is 34.9 Å². The lowest BCUT2D eigenvalue weighted by atomic mass is 10.1. The molecule has 0 fully saturated rings. The Bertz CT molecular complexity index is 1380. The third-order valence-electron chi connectivity index (χ3n) is 5.54. The highest BCUT2D eigenvalue weighted by molar-refractivity contribution is 7.99. The van der Waals surface area contributed by atoms with Crippen LogP contribution in [0.5, 0.6) is 17.2 Å². The van der Waals surface area contributed by atoms with E-state index in [1.807, 2.05) is 24.3 Å². The van der Waals surface area contributed by atoms with E-state index in [2.05, 4.69) is 46.3 Å². The van der Waals surface area contributed by atoms with E-state index in [-0.39, 0.29) is 11.7 Å². The van der Waals surface area contributed by atoms with Crippen molar-refractivity contribution in [3.05, 3.63) is 77.4 Å². The molecule has 186 valence electrons. The van der Waals surface area contributed by atoms with E-state index in [1.54, 1.807) is 19.2 Å². The van der Waals surface area contributed by atoms with Crippen LogP contribution >= 0.6 is 11.8 Å². The van der Waals surface area contributed by atoms with Crippen molar-refractivity contribution in [2.75, 3.05) is 27.1 Å². The average Bonchev–Trinajstić information content (AvgIpc) is 3.25. The normalized spacial score (nSPS) is 11.1. The van der Waals surface area contributed by atoms with Crippen LogP contribution in [-0.2, 0) is 11.3 Å². The summed E-state index contributed by atoms with van der Waals surface area (Å²) >= 11 is 1.37. The summed E-state index contributed by atoms with van der Waals surface area (Å²) in [7, 11) is 4.62. The minimum atomic E-state index is -0.246. The van der Waals surface area contributed by atoms with Crippen LogP contribution in [-0.4, -0.2) is 48.8 Å². The summed E-state index contributed by atoms with van der Waals surface area (Å²) in [6.45, 7) is 2.74. The van der Waals surface area contributed by atoms with Gasteiger partial charge in [-0.1, -0.05) is 53.7 Å². The molecule has 0 saturated carbocycles. The number of aryl methyl sites for hydroxylation is 1. The number of fused-ring (bicyclic) bond motifs is 1. The molecule has 0 saturated heterocycles. The number of carbonyl (C=O) groups is 1. The van der Waals surface area contributed by atoms with Crippen LogP contribution in [0, 0.1) is 6.92 Å². The van der Waals surface area contributed by atoms with E-state index >= 15 is 0 Å². The van der Waals surface area contributed by atoms with Crippen LogP contribution in [0.25, 0.3) is 11.0 Å². The monoisotopic (exact) mass is 504 g/mol. The van der Waals surface area contributed by atoms with Gasteiger partial charge < -0.3 is 18.8 Å². The van der Waals surface area contributed by atoms with Crippen molar-refractivity contribution in [2.45, 2.75) is 18.6 Å². The van der Waals surface area contributed by atoms with Crippen LogP contribution in [0.2, 0.25) is 0 Å². The largest absolute Gasteiger partial charge is 0.493 e.